The molecule has 1 unspecified atom stereocenters. The van der Waals surface area contributed by atoms with Crippen molar-refractivity contribution in [3.8, 4) is 0 Å². The smallest absolute Gasteiger partial charge is 0.275 e. The molecule has 0 aliphatic carbocycles. The second-order valence-corrected chi connectivity index (χ2v) is 5.53. The summed E-state index contributed by atoms with van der Waals surface area (Å²) in [7, 11) is 1.88. The Morgan fingerprint density at radius 3 is 2.43 bits per heavy atom. The summed E-state index contributed by atoms with van der Waals surface area (Å²) >= 11 is 0. The molecule has 0 aliphatic heterocycles. The molecule has 1 heterocycles. The number of hydrogen-bond acceptors (Lipinski definition) is 4. The van der Waals surface area contributed by atoms with Crippen LogP contribution >= 0.6 is 0 Å². The Bertz CT molecular complexity index is 649. The second kappa shape index (κ2) is 6.63. The standard InChI is InChI=1S/C16H22N4O/c1-11(2)14(17-4)15-19-18-12(3)16(21)20(15)10-13-8-6-5-7-9-13/h5-9,11,14,17H,10H2,1-4H3. The van der Waals surface area contributed by atoms with Gasteiger partial charge in [0.15, 0.2) is 5.82 Å². The summed E-state index contributed by atoms with van der Waals surface area (Å²) in [5.74, 6) is 1.00. The van der Waals surface area contributed by atoms with E-state index in [1.165, 1.54) is 0 Å². The third-order valence-corrected chi connectivity index (χ3v) is 3.57. The first-order valence-corrected chi connectivity index (χ1v) is 7.19. The van der Waals surface area contributed by atoms with Crippen molar-refractivity contribution in [2.24, 2.45) is 5.92 Å². The predicted octanol–water partition coefficient (Wildman–Crippen LogP) is 1.91. The van der Waals surface area contributed by atoms with Crippen LogP contribution in [0.4, 0.5) is 0 Å². The van der Waals surface area contributed by atoms with Gasteiger partial charge in [-0.3, -0.25) is 9.36 Å². The summed E-state index contributed by atoms with van der Waals surface area (Å²) in [6, 6.07) is 9.92. The van der Waals surface area contributed by atoms with Crippen LogP contribution in [0.5, 0.6) is 0 Å². The van der Waals surface area contributed by atoms with E-state index in [9.17, 15) is 4.79 Å². The number of rotatable bonds is 5. The van der Waals surface area contributed by atoms with Crippen molar-refractivity contribution < 1.29 is 0 Å². The molecule has 1 N–H and O–H groups in total. The molecule has 0 spiro atoms. The lowest BCUT2D eigenvalue weighted by molar-refractivity contribution is 0.394. The molecule has 1 aromatic carbocycles. The molecule has 0 saturated carbocycles. The normalized spacial score (nSPS) is 12.6. The number of hydrogen-bond donors (Lipinski definition) is 1. The maximum Gasteiger partial charge on any atom is 0.275 e. The van der Waals surface area contributed by atoms with E-state index in [1.54, 1.807) is 11.5 Å². The maximum atomic E-state index is 12.5. The van der Waals surface area contributed by atoms with Gasteiger partial charge in [-0.2, -0.15) is 0 Å². The molecule has 0 aliphatic rings. The summed E-state index contributed by atoms with van der Waals surface area (Å²) in [6.45, 7) is 6.40. The molecule has 1 atom stereocenters. The molecule has 2 aromatic rings. The molecule has 2 rings (SSSR count). The zero-order valence-corrected chi connectivity index (χ0v) is 13.0. The minimum absolute atomic E-state index is 0.00508. The van der Waals surface area contributed by atoms with Gasteiger partial charge in [0, 0.05) is 0 Å². The van der Waals surface area contributed by atoms with Crippen LogP contribution in [-0.4, -0.2) is 21.8 Å². The fraction of sp³-hybridized carbons (Fsp3) is 0.438. The zero-order chi connectivity index (χ0) is 15.4. The average molecular weight is 286 g/mol. The summed E-state index contributed by atoms with van der Waals surface area (Å²) in [4.78, 5) is 12.5. The van der Waals surface area contributed by atoms with Crippen LogP contribution in [0.25, 0.3) is 0 Å². The Kier molecular flexibility index (Phi) is 4.85. The van der Waals surface area contributed by atoms with Crippen LogP contribution in [0.2, 0.25) is 0 Å². The second-order valence-electron chi connectivity index (χ2n) is 5.53. The fourth-order valence-corrected chi connectivity index (χ4v) is 2.43. The highest BCUT2D eigenvalue weighted by molar-refractivity contribution is 5.16. The fourth-order valence-electron chi connectivity index (χ4n) is 2.43. The number of nitrogens with one attached hydrogen (secondary N) is 1. The van der Waals surface area contributed by atoms with Gasteiger partial charge in [-0.05, 0) is 25.5 Å². The van der Waals surface area contributed by atoms with Crippen molar-refractivity contribution in [3.63, 3.8) is 0 Å². The van der Waals surface area contributed by atoms with E-state index < -0.39 is 0 Å². The highest BCUT2D eigenvalue weighted by atomic mass is 16.1. The quantitative estimate of drug-likeness (QED) is 0.912. The number of nitrogens with zero attached hydrogens (tertiary/aromatic N) is 3. The SMILES string of the molecule is CNC(c1nnc(C)c(=O)n1Cc1ccccc1)C(C)C. The molecule has 0 bridgehead atoms. The van der Waals surface area contributed by atoms with Gasteiger partial charge in [0.2, 0.25) is 0 Å². The third kappa shape index (κ3) is 3.36. The summed E-state index contributed by atoms with van der Waals surface area (Å²) in [6.07, 6.45) is 0. The largest absolute Gasteiger partial charge is 0.310 e. The summed E-state index contributed by atoms with van der Waals surface area (Å²) in [5.41, 5.74) is 1.42. The van der Waals surface area contributed by atoms with Gasteiger partial charge in [-0.15, -0.1) is 10.2 Å². The molecule has 0 saturated heterocycles. The molecule has 112 valence electrons. The molecular formula is C16H22N4O. The van der Waals surface area contributed by atoms with Gasteiger partial charge in [0.05, 0.1) is 12.6 Å². The molecule has 0 radical (unpaired) electrons. The Morgan fingerprint density at radius 2 is 1.86 bits per heavy atom. The van der Waals surface area contributed by atoms with E-state index in [0.717, 1.165) is 5.56 Å². The highest BCUT2D eigenvalue weighted by Gasteiger charge is 2.21. The van der Waals surface area contributed by atoms with Gasteiger partial charge >= 0.3 is 0 Å². The van der Waals surface area contributed by atoms with Crippen molar-refractivity contribution in [1.29, 1.82) is 0 Å². The number of aryl methyl sites for hydroxylation is 1. The summed E-state index contributed by atoms with van der Waals surface area (Å²) in [5, 5.41) is 11.5. The highest BCUT2D eigenvalue weighted by Crippen LogP contribution is 2.18. The van der Waals surface area contributed by atoms with Crippen LogP contribution in [0.15, 0.2) is 35.1 Å². The van der Waals surface area contributed by atoms with Gasteiger partial charge < -0.3 is 5.32 Å². The monoisotopic (exact) mass is 286 g/mol. The van der Waals surface area contributed by atoms with Crippen molar-refractivity contribution in [2.75, 3.05) is 7.05 Å². The van der Waals surface area contributed by atoms with Crippen LogP contribution in [-0.2, 0) is 6.54 Å². The Balaban J connectivity index is 2.51. The minimum Gasteiger partial charge on any atom is -0.310 e. The van der Waals surface area contributed by atoms with E-state index >= 15 is 0 Å². The van der Waals surface area contributed by atoms with Gasteiger partial charge in [0.1, 0.15) is 5.69 Å². The molecule has 21 heavy (non-hydrogen) atoms. The first-order chi connectivity index (χ1) is 10.0. The predicted molar refractivity (Wildman–Crippen MR) is 83.2 cm³/mol. The zero-order valence-electron chi connectivity index (χ0n) is 13.0. The molecule has 1 aromatic heterocycles. The molecule has 0 fully saturated rings. The average Bonchev–Trinajstić information content (AvgIpc) is 2.47. The van der Waals surface area contributed by atoms with Gasteiger partial charge in [-0.25, -0.2) is 0 Å². The molecule has 0 amide bonds. The third-order valence-electron chi connectivity index (χ3n) is 3.57. The lowest BCUT2D eigenvalue weighted by Crippen LogP contribution is -2.35. The Hall–Kier alpha value is -2.01. The lowest BCUT2D eigenvalue weighted by Gasteiger charge is -2.22. The first-order valence-electron chi connectivity index (χ1n) is 7.19. The lowest BCUT2D eigenvalue weighted by atomic mass is 10.0. The molecular weight excluding hydrogens is 264 g/mol. The number of benzene rings is 1. The van der Waals surface area contributed by atoms with Crippen molar-refractivity contribution in [2.45, 2.75) is 33.4 Å². The van der Waals surface area contributed by atoms with Crippen molar-refractivity contribution >= 4 is 0 Å². The van der Waals surface area contributed by atoms with Crippen LogP contribution in [0.1, 0.15) is 37.0 Å². The minimum atomic E-state index is -0.0789. The number of aromatic nitrogens is 3. The molecule has 5 nitrogen and oxygen atoms in total. The topological polar surface area (TPSA) is 59.8 Å². The van der Waals surface area contributed by atoms with Gasteiger partial charge in [0.25, 0.3) is 5.56 Å². The van der Waals surface area contributed by atoms with Gasteiger partial charge in [-0.1, -0.05) is 44.2 Å². The van der Waals surface area contributed by atoms with Crippen molar-refractivity contribution in [1.82, 2.24) is 20.1 Å². The van der Waals surface area contributed by atoms with Crippen LogP contribution in [0.3, 0.4) is 0 Å². The van der Waals surface area contributed by atoms with E-state index in [1.807, 2.05) is 37.4 Å². The van der Waals surface area contributed by atoms with Crippen LogP contribution in [0, 0.1) is 12.8 Å². The summed E-state index contributed by atoms with van der Waals surface area (Å²) < 4.78 is 1.72. The molecule has 5 heteroatoms. The Labute approximate surface area is 125 Å². The van der Waals surface area contributed by atoms with E-state index in [2.05, 4.69) is 29.4 Å². The maximum absolute atomic E-state index is 12.5. The first kappa shape index (κ1) is 15.4. The van der Waals surface area contributed by atoms with Crippen LogP contribution < -0.4 is 10.9 Å². The van der Waals surface area contributed by atoms with E-state index in [-0.39, 0.29) is 11.6 Å². The Morgan fingerprint density at radius 1 is 1.19 bits per heavy atom. The van der Waals surface area contributed by atoms with E-state index in [4.69, 9.17) is 0 Å². The van der Waals surface area contributed by atoms with E-state index in [0.29, 0.717) is 24.0 Å². The van der Waals surface area contributed by atoms with Crippen molar-refractivity contribution in [3.05, 3.63) is 57.8 Å².